The van der Waals surface area contributed by atoms with E-state index >= 15 is 0 Å². The molecule has 2 N–H and O–H groups in total. The average molecular weight is 366 g/mol. The Morgan fingerprint density at radius 3 is 2.70 bits per heavy atom. The lowest BCUT2D eigenvalue weighted by Crippen LogP contribution is -2.28. The number of nitrogens with zero attached hydrogens (tertiary/aromatic N) is 2. The molecule has 0 aliphatic carbocycles. The molecule has 3 rings (SSSR count). The fourth-order valence-electron chi connectivity index (χ4n) is 2.76. The van der Waals surface area contributed by atoms with Crippen LogP contribution in [-0.4, -0.2) is 27.6 Å². The minimum Gasteiger partial charge on any atom is -0.351 e. The lowest BCUT2D eigenvalue weighted by atomic mass is 10.0. The van der Waals surface area contributed by atoms with Crippen LogP contribution in [0.1, 0.15) is 53.1 Å². The molecule has 0 unspecified atom stereocenters. The molecule has 0 aliphatic rings. The van der Waals surface area contributed by atoms with E-state index in [9.17, 15) is 9.59 Å². The Hall–Kier alpha value is -3.22. The lowest BCUT2D eigenvalue weighted by Gasteiger charge is -2.11. The van der Waals surface area contributed by atoms with Crippen LogP contribution in [0.5, 0.6) is 0 Å². The summed E-state index contributed by atoms with van der Waals surface area (Å²) in [6.07, 6.45) is 1.04. The predicted octanol–water partition coefficient (Wildman–Crippen LogP) is 2.44. The summed E-state index contributed by atoms with van der Waals surface area (Å²) in [6, 6.07) is 12.8. The number of benzene rings is 1. The van der Waals surface area contributed by atoms with Gasteiger partial charge in [-0.15, -0.1) is 0 Å². The molecule has 140 valence electrons. The molecule has 0 atom stereocenters. The van der Waals surface area contributed by atoms with Crippen molar-refractivity contribution in [2.75, 3.05) is 6.54 Å². The van der Waals surface area contributed by atoms with Crippen LogP contribution >= 0.6 is 0 Å². The van der Waals surface area contributed by atoms with Gasteiger partial charge in [0.1, 0.15) is 0 Å². The Morgan fingerprint density at radius 2 is 1.96 bits per heavy atom. The van der Waals surface area contributed by atoms with Gasteiger partial charge in [0.25, 0.3) is 5.91 Å². The smallest absolute Gasteiger partial charge is 0.253 e. The van der Waals surface area contributed by atoms with Gasteiger partial charge in [-0.05, 0) is 17.5 Å². The van der Waals surface area contributed by atoms with Crippen molar-refractivity contribution < 1.29 is 9.32 Å². The molecule has 0 fully saturated rings. The highest BCUT2D eigenvalue weighted by Crippen LogP contribution is 2.15. The summed E-state index contributed by atoms with van der Waals surface area (Å²) in [7, 11) is 0. The van der Waals surface area contributed by atoms with E-state index < -0.39 is 0 Å². The standard InChI is InChI=1S/C20H22N4O3/c1-13(2)19-15(8-9-17(25)23-19)20(26)21-11-10-18-22-16(24-27-18)12-14-6-4-3-5-7-14/h3-9,13H,10-12H2,1-2H3,(H,21,26)(H,23,25). The number of H-pyrrole nitrogens is 1. The molecule has 2 aromatic heterocycles. The number of hydrogen-bond acceptors (Lipinski definition) is 5. The molecule has 0 radical (unpaired) electrons. The van der Waals surface area contributed by atoms with Crippen LogP contribution in [-0.2, 0) is 12.8 Å². The summed E-state index contributed by atoms with van der Waals surface area (Å²) >= 11 is 0. The third-order valence-corrected chi connectivity index (χ3v) is 4.11. The first-order valence-electron chi connectivity index (χ1n) is 8.89. The predicted molar refractivity (Wildman–Crippen MR) is 101 cm³/mol. The summed E-state index contributed by atoms with van der Waals surface area (Å²) in [5.41, 5.74) is 1.99. The summed E-state index contributed by atoms with van der Waals surface area (Å²) < 4.78 is 5.24. The summed E-state index contributed by atoms with van der Waals surface area (Å²) in [5, 5.41) is 6.81. The summed E-state index contributed by atoms with van der Waals surface area (Å²) in [5.74, 6) is 0.896. The van der Waals surface area contributed by atoms with E-state index in [1.165, 1.54) is 6.07 Å². The van der Waals surface area contributed by atoms with E-state index in [1.807, 2.05) is 44.2 Å². The number of aromatic amines is 1. The van der Waals surface area contributed by atoms with Gasteiger partial charge in [0, 0.05) is 31.1 Å². The quantitative estimate of drug-likeness (QED) is 0.669. The van der Waals surface area contributed by atoms with Crippen LogP contribution in [0.4, 0.5) is 0 Å². The van der Waals surface area contributed by atoms with Crippen molar-refractivity contribution in [3.8, 4) is 0 Å². The highest BCUT2D eigenvalue weighted by molar-refractivity contribution is 5.95. The minimum absolute atomic E-state index is 0.0381. The maximum atomic E-state index is 12.4. The molecule has 1 amide bonds. The van der Waals surface area contributed by atoms with Gasteiger partial charge in [0.15, 0.2) is 5.82 Å². The number of carbonyl (C=O) groups excluding carboxylic acids is 1. The molecule has 0 aliphatic heterocycles. The van der Waals surface area contributed by atoms with Gasteiger partial charge in [0.2, 0.25) is 11.4 Å². The van der Waals surface area contributed by atoms with Crippen molar-refractivity contribution in [1.29, 1.82) is 0 Å². The molecule has 3 aromatic rings. The van der Waals surface area contributed by atoms with Gasteiger partial charge < -0.3 is 14.8 Å². The Balaban J connectivity index is 1.56. The van der Waals surface area contributed by atoms with Crippen LogP contribution < -0.4 is 10.9 Å². The van der Waals surface area contributed by atoms with Crippen LogP contribution in [0.2, 0.25) is 0 Å². The Labute approximate surface area is 156 Å². The van der Waals surface area contributed by atoms with Gasteiger partial charge in [-0.3, -0.25) is 9.59 Å². The minimum atomic E-state index is -0.237. The fourth-order valence-corrected chi connectivity index (χ4v) is 2.76. The summed E-state index contributed by atoms with van der Waals surface area (Å²) in [4.78, 5) is 31.0. The molecule has 0 spiro atoms. The number of hydrogen-bond donors (Lipinski definition) is 2. The SMILES string of the molecule is CC(C)c1[nH]c(=O)ccc1C(=O)NCCc1nc(Cc2ccccc2)no1. The second kappa shape index (κ2) is 8.44. The number of carbonyl (C=O) groups is 1. The zero-order chi connectivity index (χ0) is 19.2. The molecule has 0 bridgehead atoms. The topological polar surface area (TPSA) is 101 Å². The molecule has 7 nitrogen and oxygen atoms in total. The number of rotatable bonds is 7. The first-order chi connectivity index (χ1) is 13.0. The first kappa shape index (κ1) is 18.6. The highest BCUT2D eigenvalue weighted by Gasteiger charge is 2.15. The molecule has 0 saturated carbocycles. The number of nitrogens with one attached hydrogen (secondary N) is 2. The zero-order valence-electron chi connectivity index (χ0n) is 15.4. The fraction of sp³-hybridized carbons (Fsp3) is 0.300. The number of amides is 1. The third-order valence-electron chi connectivity index (χ3n) is 4.11. The number of aromatic nitrogens is 3. The van der Waals surface area contributed by atoms with Crippen LogP contribution in [0.15, 0.2) is 51.8 Å². The first-order valence-corrected chi connectivity index (χ1v) is 8.89. The zero-order valence-corrected chi connectivity index (χ0v) is 15.4. The Kier molecular flexibility index (Phi) is 5.80. The van der Waals surface area contributed by atoms with E-state index in [1.54, 1.807) is 6.07 Å². The second-order valence-corrected chi connectivity index (χ2v) is 6.58. The molecular weight excluding hydrogens is 344 g/mol. The van der Waals surface area contributed by atoms with E-state index in [4.69, 9.17) is 4.52 Å². The molecule has 0 saturated heterocycles. The van der Waals surface area contributed by atoms with Crippen molar-refractivity contribution >= 4 is 5.91 Å². The van der Waals surface area contributed by atoms with E-state index in [2.05, 4.69) is 20.4 Å². The van der Waals surface area contributed by atoms with E-state index in [0.29, 0.717) is 42.4 Å². The largest absolute Gasteiger partial charge is 0.351 e. The Bertz CT molecular complexity index is 961. The van der Waals surface area contributed by atoms with Crippen molar-refractivity contribution in [1.82, 2.24) is 20.4 Å². The Morgan fingerprint density at radius 1 is 1.19 bits per heavy atom. The van der Waals surface area contributed by atoms with E-state index in [0.717, 1.165) is 5.56 Å². The molecule has 2 heterocycles. The van der Waals surface area contributed by atoms with Gasteiger partial charge in [-0.25, -0.2) is 0 Å². The highest BCUT2D eigenvalue weighted by atomic mass is 16.5. The lowest BCUT2D eigenvalue weighted by molar-refractivity contribution is 0.0951. The van der Waals surface area contributed by atoms with Gasteiger partial charge in [-0.2, -0.15) is 4.98 Å². The van der Waals surface area contributed by atoms with Crippen LogP contribution in [0.25, 0.3) is 0 Å². The maximum Gasteiger partial charge on any atom is 0.253 e. The van der Waals surface area contributed by atoms with Gasteiger partial charge in [-0.1, -0.05) is 49.3 Å². The van der Waals surface area contributed by atoms with Gasteiger partial charge >= 0.3 is 0 Å². The second-order valence-electron chi connectivity index (χ2n) is 6.58. The van der Waals surface area contributed by atoms with Crippen LogP contribution in [0, 0.1) is 0 Å². The van der Waals surface area contributed by atoms with Crippen molar-refractivity contribution in [3.63, 3.8) is 0 Å². The maximum absolute atomic E-state index is 12.4. The monoisotopic (exact) mass is 366 g/mol. The van der Waals surface area contributed by atoms with Crippen LogP contribution in [0.3, 0.4) is 0 Å². The van der Waals surface area contributed by atoms with Crippen molar-refractivity contribution in [3.05, 3.63) is 81.4 Å². The molecule has 7 heteroatoms. The molecule has 1 aromatic carbocycles. The average Bonchev–Trinajstić information content (AvgIpc) is 3.09. The van der Waals surface area contributed by atoms with Crippen molar-refractivity contribution in [2.45, 2.75) is 32.6 Å². The molecule has 27 heavy (non-hydrogen) atoms. The molecular formula is C20H22N4O3. The third kappa shape index (κ3) is 4.91. The van der Waals surface area contributed by atoms with E-state index in [-0.39, 0.29) is 17.4 Å². The normalized spacial score (nSPS) is 10.9. The summed E-state index contributed by atoms with van der Waals surface area (Å²) in [6.45, 7) is 4.21. The van der Waals surface area contributed by atoms with Gasteiger partial charge in [0.05, 0.1) is 5.56 Å². The van der Waals surface area contributed by atoms with Crippen molar-refractivity contribution in [2.24, 2.45) is 0 Å². The number of pyridine rings is 1.